The highest BCUT2D eigenvalue weighted by molar-refractivity contribution is 9.10. The van der Waals surface area contributed by atoms with Crippen molar-refractivity contribution in [1.29, 1.82) is 0 Å². The third-order valence-electron chi connectivity index (χ3n) is 3.15. The largest absolute Gasteiger partial charge is 0.345 e. The van der Waals surface area contributed by atoms with Crippen molar-refractivity contribution in [1.82, 2.24) is 20.5 Å². The molecular formula is C17H14BrN5O. The molecule has 7 heteroatoms. The molecule has 2 heterocycles. The van der Waals surface area contributed by atoms with Crippen molar-refractivity contribution in [2.75, 3.05) is 5.32 Å². The van der Waals surface area contributed by atoms with Crippen molar-refractivity contribution in [2.45, 2.75) is 6.54 Å². The summed E-state index contributed by atoms with van der Waals surface area (Å²) in [5.74, 6) is 0.275. The van der Waals surface area contributed by atoms with Crippen LogP contribution < -0.4 is 10.6 Å². The van der Waals surface area contributed by atoms with Gasteiger partial charge in [-0.05, 0) is 42.5 Å². The molecule has 0 spiro atoms. The molecule has 6 nitrogen and oxygen atoms in total. The Hall–Kier alpha value is -2.80. The lowest BCUT2D eigenvalue weighted by Gasteiger charge is -2.06. The fourth-order valence-corrected chi connectivity index (χ4v) is 2.40. The van der Waals surface area contributed by atoms with E-state index in [4.69, 9.17) is 0 Å². The number of rotatable bonds is 5. The fraction of sp³-hybridized carbons (Fsp3) is 0.0588. The zero-order valence-electron chi connectivity index (χ0n) is 12.6. The van der Waals surface area contributed by atoms with Gasteiger partial charge in [0.15, 0.2) is 11.5 Å². The molecule has 0 aliphatic carbocycles. The number of halogens is 1. The van der Waals surface area contributed by atoms with Gasteiger partial charge < -0.3 is 10.6 Å². The minimum Gasteiger partial charge on any atom is -0.345 e. The zero-order valence-corrected chi connectivity index (χ0v) is 14.2. The van der Waals surface area contributed by atoms with E-state index in [0.717, 1.165) is 15.9 Å². The highest BCUT2D eigenvalue weighted by Gasteiger charge is 2.08. The highest BCUT2D eigenvalue weighted by atomic mass is 79.9. The van der Waals surface area contributed by atoms with Crippen LogP contribution in [-0.4, -0.2) is 21.1 Å². The predicted molar refractivity (Wildman–Crippen MR) is 94.9 cm³/mol. The van der Waals surface area contributed by atoms with Gasteiger partial charge in [-0.25, -0.2) is 0 Å². The Labute approximate surface area is 147 Å². The summed E-state index contributed by atoms with van der Waals surface area (Å²) in [7, 11) is 0. The van der Waals surface area contributed by atoms with E-state index in [1.807, 2.05) is 42.5 Å². The molecule has 0 fully saturated rings. The van der Waals surface area contributed by atoms with Gasteiger partial charge >= 0.3 is 0 Å². The summed E-state index contributed by atoms with van der Waals surface area (Å²) in [6.07, 6.45) is 1.68. The molecule has 0 aliphatic rings. The fourth-order valence-electron chi connectivity index (χ4n) is 2.00. The van der Waals surface area contributed by atoms with Crippen molar-refractivity contribution in [2.24, 2.45) is 0 Å². The number of amides is 1. The van der Waals surface area contributed by atoms with Crippen LogP contribution in [0.4, 0.5) is 11.5 Å². The van der Waals surface area contributed by atoms with Crippen molar-refractivity contribution in [3.05, 3.63) is 76.7 Å². The maximum absolute atomic E-state index is 12.1. The maximum atomic E-state index is 12.1. The number of hydrogen-bond acceptors (Lipinski definition) is 5. The van der Waals surface area contributed by atoms with Crippen LogP contribution in [0.15, 0.2) is 65.3 Å². The first-order chi connectivity index (χ1) is 11.7. The molecule has 120 valence electrons. The molecule has 0 atom stereocenters. The molecular weight excluding hydrogens is 370 g/mol. The summed E-state index contributed by atoms with van der Waals surface area (Å²) >= 11 is 3.41. The topological polar surface area (TPSA) is 79.8 Å². The molecule has 1 aromatic carbocycles. The summed E-state index contributed by atoms with van der Waals surface area (Å²) in [4.78, 5) is 16.2. The number of nitrogens with zero attached hydrogens (tertiary/aromatic N) is 3. The Bertz CT molecular complexity index is 824. The number of nitrogens with one attached hydrogen (secondary N) is 2. The Morgan fingerprint density at radius 2 is 1.96 bits per heavy atom. The van der Waals surface area contributed by atoms with Gasteiger partial charge in [-0.15, -0.1) is 10.2 Å². The Morgan fingerprint density at radius 1 is 1.04 bits per heavy atom. The summed E-state index contributed by atoms with van der Waals surface area (Å²) in [6, 6.07) is 16.6. The van der Waals surface area contributed by atoms with Crippen LogP contribution in [0.25, 0.3) is 0 Å². The highest BCUT2D eigenvalue weighted by Crippen LogP contribution is 2.18. The number of aromatic nitrogens is 3. The zero-order chi connectivity index (χ0) is 16.8. The van der Waals surface area contributed by atoms with Crippen LogP contribution in [-0.2, 0) is 6.54 Å². The Balaban J connectivity index is 1.60. The van der Waals surface area contributed by atoms with E-state index in [1.165, 1.54) is 0 Å². The van der Waals surface area contributed by atoms with Crippen LogP contribution in [0.1, 0.15) is 16.2 Å². The third kappa shape index (κ3) is 4.36. The summed E-state index contributed by atoms with van der Waals surface area (Å²) in [6.45, 7) is 0.347. The average Bonchev–Trinajstić information content (AvgIpc) is 2.61. The van der Waals surface area contributed by atoms with Gasteiger partial charge in [0.1, 0.15) is 0 Å². The molecule has 3 aromatic rings. The van der Waals surface area contributed by atoms with Gasteiger partial charge in [-0.2, -0.15) is 0 Å². The Kier molecular flexibility index (Phi) is 5.12. The molecule has 0 aliphatic heterocycles. The Morgan fingerprint density at radius 3 is 2.67 bits per heavy atom. The first-order valence-corrected chi connectivity index (χ1v) is 8.04. The van der Waals surface area contributed by atoms with Gasteiger partial charge in [0.25, 0.3) is 5.91 Å². The molecule has 24 heavy (non-hydrogen) atoms. The number of carbonyl (C=O) groups is 1. The van der Waals surface area contributed by atoms with Crippen LogP contribution in [0.3, 0.4) is 0 Å². The minimum absolute atomic E-state index is 0.255. The second-order valence-corrected chi connectivity index (χ2v) is 5.86. The third-order valence-corrected chi connectivity index (χ3v) is 3.64. The minimum atomic E-state index is -0.290. The first kappa shape index (κ1) is 16.1. The van der Waals surface area contributed by atoms with E-state index in [1.54, 1.807) is 18.3 Å². The van der Waals surface area contributed by atoms with Gasteiger partial charge in [-0.1, -0.05) is 28.1 Å². The molecule has 3 rings (SSSR count). The monoisotopic (exact) mass is 383 g/mol. The van der Waals surface area contributed by atoms with Crippen LogP contribution in [0, 0.1) is 0 Å². The van der Waals surface area contributed by atoms with Crippen LogP contribution >= 0.6 is 15.9 Å². The summed E-state index contributed by atoms with van der Waals surface area (Å²) in [5.41, 5.74) is 1.92. The number of hydrogen-bond donors (Lipinski definition) is 2. The van der Waals surface area contributed by atoms with Gasteiger partial charge in [0.2, 0.25) is 0 Å². The van der Waals surface area contributed by atoms with E-state index in [-0.39, 0.29) is 11.6 Å². The van der Waals surface area contributed by atoms with E-state index in [9.17, 15) is 4.79 Å². The van der Waals surface area contributed by atoms with Crippen LogP contribution in [0.5, 0.6) is 0 Å². The predicted octanol–water partition coefficient (Wildman–Crippen LogP) is 3.31. The molecule has 0 radical (unpaired) electrons. The number of anilines is 2. The second-order valence-electron chi connectivity index (χ2n) is 4.94. The first-order valence-electron chi connectivity index (χ1n) is 7.25. The van der Waals surface area contributed by atoms with E-state index < -0.39 is 0 Å². The number of carbonyl (C=O) groups excluding carboxylic acids is 1. The molecule has 0 saturated carbocycles. The SMILES string of the molecule is O=C(NCc1ccccn1)c1ccc(Nc2cccc(Br)c2)nn1. The number of pyridine rings is 1. The van der Waals surface area contributed by atoms with Crippen molar-refractivity contribution in [3.63, 3.8) is 0 Å². The quantitative estimate of drug-likeness (QED) is 0.706. The molecule has 0 bridgehead atoms. The van der Waals surface area contributed by atoms with Gasteiger partial charge in [0.05, 0.1) is 12.2 Å². The van der Waals surface area contributed by atoms with E-state index in [2.05, 4.69) is 41.7 Å². The second kappa shape index (κ2) is 7.65. The molecule has 2 aromatic heterocycles. The van der Waals surface area contributed by atoms with E-state index >= 15 is 0 Å². The smallest absolute Gasteiger partial charge is 0.272 e. The lowest BCUT2D eigenvalue weighted by atomic mass is 10.3. The molecule has 1 amide bonds. The summed E-state index contributed by atoms with van der Waals surface area (Å²) in [5, 5.41) is 13.9. The lowest BCUT2D eigenvalue weighted by molar-refractivity contribution is 0.0944. The van der Waals surface area contributed by atoms with Crippen LogP contribution in [0.2, 0.25) is 0 Å². The van der Waals surface area contributed by atoms with Gasteiger partial charge in [0, 0.05) is 16.4 Å². The molecule has 0 unspecified atom stereocenters. The molecule has 2 N–H and O–H groups in total. The van der Waals surface area contributed by atoms with Crippen molar-refractivity contribution < 1.29 is 4.79 Å². The van der Waals surface area contributed by atoms with Crippen molar-refractivity contribution >= 4 is 33.3 Å². The number of benzene rings is 1. The standard InChI is InChI=1S/C17H14BrN5O/c18-12-4-3-6-13(10-12)21-16-8-7-15(22-23-16)17(24)20-11-14-5-1-2-9-19-14/h1-10H,11H2,(H,20,24)(H,21,23). The molecule has 0 saturated heterocycles. The van der Waals surface area contributed by atoms with Gasteiger partial charge in [-0.3, -0.25) is 9.78 Å². The van der Waals surface area contributed by atoms with E-state index in [0.29, 0.717) is 12.4 Å². The maximum Gasteiger partial charge on any atom is 0.272 e. The average molecular weight is 384 g/mol. The van der Waals surface area contributed by atoms with Crippen molar-refractivity contribution in [3.8, 4) is 0 Å². The normalized spacial score (nSPS) is 10.2. The summed E-state index contributed by atoms with van der Waals surface area (Å²) < 4.78 is 0.964. The lowest BCUT2D eigenvalue weighted by Crippen LogP contribution is -2.24.